The summed E-state index contributed by atoms with van der Waals surface area (Å²) in [5.74, 6) is 0.133. The summed E-state index contributed by atoms with van der Waals surface area (Å²) in [4.78, 5) is 51.2. The van der Waals surface area contributed by atoms with Crippen molar-refractivity contribution in [3.05, 3.63) is 66.1 Å². The summed E-state index contributed by atoms with van der Waals surface area (Å²) < 4.78 is 17.7. The van der Waals surface area contributed by atoms with Gasteiger partial charge in [0.05, 0.1) is 33.2 Å². The van der Waals surface area contributed by atoms with Crippen LogP contribution in [0.1, 0.15) is 18.1 Å². The van der Waals surface area contributed by atoms with Crippen molar-refractivity contribution in [2.45, 2.75) is 13.5 Å². The lowest BCUT2D eigenvalue weighted by molar-refractivity contribution is -0.384. The second kappa shape index (κ2) is 12.6. The number of nitrogens with zero attached hydrogens (tertiary/aromatic N) is 3. The van der Waals surface area contributed by atoms with Gasteiger partial charge >= 0.3 is 0 Å². The van der Waals surface area contributed by atoms with Crippen molar-refractivity contribution in [3.63, 3.8) is 0 Å². The number of hydrogen-bond acceptors (Lipinski definition) is 9. The first kappa shape index (κ1) is 27.9. The van der Waals surface area contributed by atoms with E-state index >= 15 is 0 Å². The number of rotatable bonds is 9. The molecule has 2 heterocycles. The molecule has 2 aromatic carbocycles. The summed E-state index contributed by atoms with van der Waals surface area (Å²) in [7, 11) is 0. The van der Waals surface area contributed by atoms with Crippen LogP contribution in [0.4, 0.5) is 10.5 Å². The minimum Gasteiger partial charge on any atom is -0.490 e. The third-order valence-electron chi connectivity index (χ3n) is 5.69. The molecular formula is C25H24IN3O8S. The van der Waals surface area contributed by atoms with Crippen LogP contribution < -0.4 is 9.47 Å². The molecule has 2 aromatic rings. The van der Waals surface area contributed by atoms with Gasteiger partial charge in [-0.2, -0.15) is 0 Å². The number of non-ortho nitro benzene ring substituents is 1. The monoisotopic (exact) mass is 653 g/mol. The van der Waals surface area contributed by atoms with Crippen molar-refractivity contribution in [1.82, 2.24) is 9.80 Å². The maximum atomic E-state index is 12.9. The largest absolute Gasteiger partial charge is 0.490 e. The summed E-state index contributed by atoms with van der Waals surface area (Å²) in [6.07, 6.45) is 1.59. The van der Waals surface area contributed by atoms with Gasteiger partial charge in [0.2, 0.25) is 5.91 Å². The Morgan fingerprint density at radius 3 is 2.55 bits per heavy atom. The number of benzene rings is 2. The highest BCUT2D eigenvalue weighted by Gasteiger charge is 2.37. The molecule has 0 N–H and O–H groups in total. The molecule has 0 aliphatic carbocycles. The first-order chi connectivity index (χ1) is 18.3. The average Bonchev–Trinajstić information content (AvgIpc) is 3.16. The Balaban J connectivity index is 1.49. The van der Waals surface area contributed by atoms with Gasteiger partial charge in [0.25, 0.3) is 16.8 Å². The van der Waals surface area contributed by atoms with Gasteiger partial charge in [-0.1, -0.05) is 0 Å². The minimum absolute atomic E-state index is 0.00226. The highest BCUT2D eigenvalue weighted by Crippen LogP contribution is 2.38. The van der Waals surface area contributed by atoms with Gasteiger partial charge in [0.15, 0.2) is 11.5 Å². The van der Waals surface area contributed by atoms with Crippen LogP contribution in [-0.2, 0) is 20.9 Å². The molecule has 13 heteroatoms. The van der Waals surface area contributed by atoms with Crippen LogP contribution >= 0.6 is 34.4 Å². The molecule has 0 spiro atoms. The molecule has 2 aliphatic rings. The number of carbonyl (C=O) groups is 3. The lowest BCUT2D eigenvalue weighted by Crippen LogP contribution is -2.46. The number of hydrogen-bond donors (Lipinski definition) is 0. The number of imide groups is 1. The molecule has 2 saturated heterocycles. The van der Waals surface area contributed by atoms with Crippen LogP contribution in [0, 0.1) is 13.7 Å². The van der Waals surface area contributed by atoms with E-state index in [9.17, 15) is 24.5 Å². The van der Waals surface area contributed by atoms with Crippen molar-refractivity contribution in [2.75, 3.05) is 39.5 Å². The van der Waals surface area contributed by atoms with Gasteiger partial charge in [0, 0.05) is 25.2 Å². The van der Waals surface area contributed by atoms with Crippen LogP contribution in [0.5, 0.6) is 11.5 Å². The van der Waals surface area contributed by atoms with Crippen LogP contribution in [0.25, 0.3) is 6.08 Å². The number of ether oxygens (including phenoxy) is 3. The molecule has 38 heavy (non-hydrogen) atoms. The summed E-state index contributed by atoms with van der Waals surface area (Å²) >= 11 is 2.88. The number of morpholine rings is 1. The predicted molar refractivity (Wildman–Crippen MR) is 148 cm³/mol. The van der Waals surface area contributed by atoms with Gasteiger partial charge in [-0.05, 0) is 82.7 Å². The number of nitro benzene ring substituents is 1. The lowest BCUT2D eigenvalue weighted by Gasteiger charge is -2.28. The van der Waals surface area contributed by atoms with Crippen LogP contribution in [0.2, 0.25) is 0 Å². The Bertz CT molecular complexity index is 1280. The normalized spacial score (nSPS) is 16.7. The van der Waals surface area contributed by atoms with Gasteiger partial charge in [-0.25, -0.2) is 0 Å². The molecule has 3 amide bonds. The Morgan fingerprint density at radius 1 is 1.18 bits per heavy atom. The highest BCUT2D eigenvalue weighted by atomic mass is 127. The third kappa shape index (κ3) is 6.63. The molecule has 0 unspecified atom stereocenters. The van der Waals surface area contributed by atoms with Gasteiger partial charge in [0.1, 0.15) is 13.2 Å². The molecule has 0 saturated carbocycles. The first-order valence-electron chi connectivity index (χ1n) is 11.7. The molecule has 0 atom stereocenters. The zero-order valence-corrected chi connectivity index (χ0v) is 23.4. The van der Waals surface area contributed by atoms with E-state index in [1.165, 1.54) is 12.1 Å². The molecular weight excluding hydrogens is 629 g/mol. The van der Waals surface area contributed by atoms with E-state index in [1.54, 1.807) is 35.2 Å². The van der Waals surface area contributed by atoms with Gasteiger partial charge in [-0.15, -0.1) is 0 Å². The topological polar surface area (TPSA) is 129 Å². The summed E-state index contributed by atoms with van der Waals surface area (Å²) in [6, 6.07) is 9.58. The number of amides is 3. The Kier molecular flexibility index (Phi) is 9.22. The molecule has 0 radical (unpaired) electrons. The highest BCUT2D eigenvalue weighted by molar-refractivity contribution is 14.1. The fraction of sp³-hybridized carbons (Fsp3) is 0.320. The summed E-state index contributed by atoms with van der Waals surface area (Å²) in [5, 5.41) is 10.4. The van der Waals surface area contributed by atoms with Crippen molar-refractivity contribution >= 4 is 63.2 Å². The van der Waals surface area contributed by atoms with E-state index in [1.807, 2.05) is 6.92 Å². The van der Waals surface area contributed by atoms with Crippen molar-refractivity contribution < 1.29 is 33.5 Å². The zero-order valence-electron chi connectivity index (χ0n) is 20.4. The molecule has 4 rings (SSSR count). The SMILES string of the molecule is CCOc1cc(/C=C2/SC(=O)N(CC(=O)N3CCOCC3)C2=O)cc(I)c1OCc1ccc([N+](=O)[O-])cc1. The van der Waals surface area contributed by atoms with Crippen LogP contribution in [0.3, 0.4) is 0 Å². The molecule has 2 aliphatic heterocycles. The van der Waals surface area contributed by atoms with E-state index in [4.69, 9.17) is 14.2 Å². The van der Waals surface area contributed by atoms with E-state index in [2.05, 4.69) is 22.6 Å². The summed E-state index contributed by atoms with van der Waals surface area (Å²) in [6.45, 7) is 3.79. The van der Waals surface area contributed by atoms with Crippen LogP contribution in [0.15, 0.2) is 41.3 Å². The molecule has 0 aromatic heterocycles. The predicted octanol–water partition coefficient (Wildman–Crippen LogP) is 4.07. The Labute approximate surface area is 236 Å². The molecule has 11 nitrogen and oxygen atoms in total. The fourth-order valence-electron chi connectivity index (χ4n) is 3.78. The lowest BCUT2D eigenvalue weighted by atomic mass is 10.1. The maximum absolute atomic E-state index is 12.9. The number of halogens is 1. The number of thioether (sulfide) groups is 1. The standard InChI is InChI=1S/C25H24IN3O8S/c1-2-36-20-12-17(11-19(26)23(20)37-15-16-3-5-18(6-4-16)29(33)34)13-21-24(31)28(25(32)38-21)14-22(30)27-7-9-35-10-8-27/h3-6,11-13H,2,7-10,14-15H2,1H3/b21-13+. The quantitative estimate of drug-likeness (QED) is 0.170. The summed E-state index contributed by atoms with van der Waals surface area (Å²) in [5.41, 5.74) is 1.38. The second-order valence-electron chi connectivity index (χ2n) is 8.24. The van der Waals surface area contributed by atoms with E-state index in [0.717, 1.165) is 22.2 Å². The van der Waals surface area contributed by atoms with E-state index in [0.29, 0.717) is 53.5 Å². The fourth-order valence-corrected chi connectivity index (χ4v) is 5.40. The van der Waals surface area contributed by atoms with Crippen molar-refractivity contribution in [1.29, 1.82) is 0 Å². The smallest absolute Gasteiger partial charge is 0.294 e. The molecule has 2 fully saturated rings. The number of nitro groups is 1. The van der Waals surface area contributed by atoms with Gasteiger partial charge < -0.3 is 19.1 Å². The molecule has 0 bridgehead atoms. The Hall–Kier alpha value is -3.17. The first-order valence-corrected chi connectivity index (χ1v) is 13.6. The average molecular weight is 653 g/mol. The maximum Gasteiger partial charge on any atom is 0.294 e. The molecule has 200 valence electrons. The third-order valence-corrected chi connectivity index (χ3v) is 7.40. The van der Waals surface area contributed by atoms with Gasteiger partial charge in [-0.3, -0.25) is 29.4 Å². The van der Waals surface area contributed by atoms with E-state index in [-0.39, 0.29) is 29.7 Å². The van der Waals surface area contributed by atoms with Crippen molar-refractivity contribution in [3.8, 4) is 11.5 Å². The van der Waals surface area contributed by atoms with E-state index < -0.39 is 16.1 Å². The van der Waals surface area contributed by atoms with Crippen LogP contribution in [-0.4, -0.2) is 71.2 Å². The number of carbonyl (C=O) groups excluding carboxylic acids is 3. The second-order valence-corrected chi connectivity index (χ2v) is 10.4. The zero-order chi connectivity index (χ0) is 27.2. The van der Waals surface area contributed by atoms with Crippen molar-refractivity contribution in [2.24, 2.45) is 0 Å². The Morgan fingerprint density at radius 2 is 1.89 bits per heavy atom. The minimum atomic E-state index is -0.520.